The molecule has 0 fully saturated rings. The van der Waals surface area contributed by atoms with Gasteiger partial charge >= 0.3 is 5.97 Å². The van der Waals surface area contributed by atoms with Crippen molar-refractivity contribution in [2.24, 2.45) is 5.41 Å². The Bertz CT molecular complexity index is 955. The molecule has 2 heterocycles. The van der Waals surface area contributed by atoms with Gasteiger partial charge in [-0.3, -0.25) is 14.7 Å². The summed E-state index contributed by atoms with van der Waals surface area (Å²) in [5.74, 6) is 0.193. The number of nitrogens with zero attached hydrogens (tertiary/aromatic N) is 2. The van der Waals surface area contributed by atoms with Gasteiger partial charge in [-0.15, -0.1) is 0 Å². The van der Waals surface area contributed by atoms with Gasteiger partial charge in [-0.2, -0.15) is 0 Å². The second-order valence-corrected chi connectivity index (χ2v) is 9.56. The smallest absolute Gasteiger partial charge is 0.309 e. The van der Waals surface area contributed by atoms with Crippen molar-refractivity contribution in [3.63, 3.8) is 0 Å². The lowest BCUT2D eigenvalue weighted by Gasteiger charge is -2.32. The Hall–Kier alpha value is -2.40. The van der Waals surface area contributed by atoms with E-state index < -0.39 is 11.4 Å². The normalized spacial score (nSPS) is 22.2. The van der Waals surface area contributed by atoms with Gasteiger partial charge < -0.3 is 9.84 Å². The summed E-state index contributed by atoms with van der Waals surface area (Å²) in [5, 5.41) is 9.81. The molecule has 0 radical (unpaired) electrons. The maximum absolute atomic E-state index is 11.9. The zero-order valence-electron chi connectivity index (χ0n) is 19.1. The molecule has 2 aromatic rings. The molecule has 1 aliphatic heterocycles. The van der Waals surface area contributed by atoms with Crippen LogP contribution in [-0.2, 0) is 17.8 Å². The van der Waals surface area contributed by atoms with E-state index in [1.54, 1.807) is 6.20 Å². The van der Waals surface area contributed by atoms with E-state index in [2.05, 4.69) is 41.9 Å². The first-order valence-electron chi connectivity index (χ1n) is 11.5. The van der Waals surface area contributed by atoms with Crippen LogP contribution < -0.4 is 4.74 Å². The summed E-state index contributed by atoms with van der Waals surface area (Å²) in [7, 11) is 0. The molecule has 2 aliphatic rings. The van der Waals surface area contributed by atoms with E-state index in [0.717, 1.165) is 55.6 Å². The molecule has 1 aliphatic carbocycles. The van der Waals surface area contributed by atoms with E-state index in [9.17, 15) is 9.90 Å². The second-order valence-electron chi connectivity index (χ2n) is 9.56. The number of ether oxygens (including phenoxy) is 1. The average molecular weight is 423 g/mol. The van der Waals surface area contributed by atoms with Crippen molar-refractivity contribution in [2.75, 3.05) is 6.54 Å². The van der Waals surface area contributed by atoms with Crippen LogP contribution >= 0.6 is 0 Å². The predicted octanol–water partition coefficient (Wildman–Crippen LogP) is 5.35. The van der Waals surface area contributed by atoms with Gasteiger partial charge in [-0.1, -0.05) is 32.0 Å². The lowest BCUT2D eigenvalue weighted by atomic mass is 9.73. The number of fused-ring (bicyclic) bond motifs is 2. The van der Waals surface area contributed by atoms with Gasteiger partial charge in [-0.05, 0) is 68.2 Å². The first-order chi connectivity index (χ1) is 14.8. The maximum atomic E-state index is 11.9. The molecule has 0 saturated heterocycles. The van der Waals surface area contributed by atoms with Crippen molar-refractivity contribution >= 4 is 5.97 Å². The van der Waals surface area contributed by atoms with Crippen LogP contribution in [0.25, 0.3) is 0 Å². The molecule has 0 amide bonds. The number of aromatic nitrogens is 1. The number of hydrogen-bond donors (Lipinski definition) is 1. The fraction of sp³-hybridized carbons (Fsp3) is 0.538. The molecule has 0 saturated carbocycles. The highest BCUT2D eigenvalue weighted by Gasteiger charge is 2.38. The van der Waals surface area contributed by atoms with Gasteiger partial charge in [-0.25, -0.2) is 0 Å². The standard InChI is InChI=1S/C26H34N2O3/c1-5-20-16-28(15-19-14-27-12-11-24(19)31-20)23-10-9-17-7-8-18(13-21(17)23)22(6-2)26(3,4)25(29)30/h7-8,11-14,20,22-23H,5-6,9-10,15-16H2,1-4H3,(H,29,30)/t20-,22?,23?/m1/s1. The largest absolute Gasteiger partial charge is 0.489 e. The minimum Gasteiger partial charge on any atom is -0.489 e. The van der Waals surface area contributed by atoms with E-state index in [1.165, 1.54) is 11.1 Å². The Morgan fingerprint density at radius 3 is 2.81 bits per heavy atom. The van der Waals surface area contributed by atoms with E-state index in [0.29, 0.717) is 6.04 Å². The zero-order valence-corrected chi connectivity index (χ0v) is 19.1. The summed E-state index contributed by atoms with van der Waals surface area (Å²) in [4.78, 5) is 18.8. The Balaban J connectivity index is 1.68. The quantitative estimate of drug-likeness (QED) is 0.680. The van der Waals surface area contributed by atoms with Gasteiger partial charge in [0, 0.05) is 37.1 Å². The minimum absolute atomic E-state index is 0.0164. The fourth-order valence-corrected chi connectivity index (χ4v) is 5.37. The molecule has 1 aromatic heterocycles. The number of rotatable bonds is 6. The Morgan fingerprint density at radius 1 is 1.29 bits per heavy atom. The van der Waals surface area contributed by atoms with Gasteiger partial charge in [0.25, 0.3) is 0 Å². The summed E-state index contributed by atoms with van der Waals surface area (Å²) in [6, 6.07) is 8.97. The molecule has 0 spiro atoms. The third kappa shape index (κ3) is 4.08. The SMILES string of the molecule is CCC(c1ccc2c(c1)C(N1Cc3cnccc3O[C@H](CC)C1)CC2)C(C)(C)C(=O)O. The van der Waals surface area contributed by atoms with Crippen LogP contribution in [0, 0.1) is 5.41 Å². The molecule has 1 N–H and O–H groups in total. The number of carboxylic acids is 1. The first-order valence-corrected chi connectivity index (χ1v) is 11.5. The summed E-state index contributed by atoms with van der Waals surface area (Å²) in [6.07, 6.45) is 7.80. The van der Waals surface area contributed by atoms with E-state index in [-0.39, 0.29) is 12.0 Å². The van der Waals surface area contributed by atoms with Crippen LogP contribution in [0.2, 0.25) is 0 Å². The first kappa shape index (κ1) is 21.8. The van der Waals surface area contributed by atoms with Crippen LogP contribution in [0.4, 0.5) is 0 Å². The van der Waals surface area contributed by atoms with Gasteiger partial charge in [0.05, 0.1) is 5.41 Å². The Morgan fingerprint density at radius 2 is 2.10 bits per heavy atom. The molecular formula is C26H34N2O3. The van der Waals surface area contributed by atoms with Gasteiger partial charge in [0.2, 0.25) is 0 Å². The number of aliphatic carboxylic acids is 1. The molecule has 2 unspecified atom stereocenters. The van der Waals surface area contributed by atoms with Crippen molar-refractivity contribution in [3.8, 4) is 5.75 Å². The highest BCUT2D eigenvalue weighted by atomic mass is 16.5. The molecule has 1 aromatic carbocycles. The predicted molar refractivity (Wildman–Crippen MR) is 121 cm³/mol. The molecule has 5 nitrogen and oxygen atoms in total. The third-order valence-electron chi connectivity index (χ3n) is 7.31. The van der Waals surface area contributed by atoms with E-state index in [4.69, 9.17) is 4.74 Å². The average Bonchev–Trinajstić information content (AvgIpc) is 3.07. The lowest BCUT2D eigenvalue weighted by Crippen LogP contribution is -2.35. The number of benzene rings is 1. The summed E-state index contributed by atoms with van der Waals surface area (Å²) >= 11 is 0. The van der Waals surface area contributed by atoms with Crippen LogP contribution in [0.3, 0.4) is 0 Å². The molecule has 166 valence electrons. The van der Waals surface area contributed by atoms with Crippen molar-refractivity contribution in [2.45, 2.75) is 78.0 Å². The maximum Gasteiger partial charge on any atom is 0.309 e. The van der Waals surface area contributed by atoms with Gasteiger partial charge in [0.15, 0.2) is 0 Å². The summed E-state index contributed by atoms with van der Waals surface area (Å²) < 4.78 is 6.29. The van der Waals surface area contributed by atoms with Crippen molar-refractivity contribution in [3.05, 3.63) is 58.9 Å². The zero-order chi connectivity index (χ0) is 22.2. The number of carboxylic acid groups (broad SMARTS) is 1. The van der Waals surface area contributed by atoms with Crippen LogP contribution in [0.5, 0.6) is 5.75 Å². The summed E-state index contributed by atoms with van der Waals surface area (Å²) in [6.45, 7) is 9.66. The number of pyridine rings is 1. The monoisotopic (exact) mass is 422 g/mol. The molecular weight excluding hydrogens is 388 g/mol. The number of hydrogen-bond acceptors (Lipinski definition) is 4. The third-order valence-corrected chi connectivity index (χ3v) is 7.31. The summed E-state index contributed by atoms with van der Waals surface area (Å²) in [5.41, 5.74) is 4.23. The number of carbonyl (C=O) groups is 1. The van der Waals surface area contributed by atoms with Crippen LogP contribution in [-0.4, -0.2) is 33.6 Å². The van der Waals surface area contributed by atoms with E-state index in [1.807, 2.05) is 26.1 Å². The number of aryl methyl sites for hydroxylation is 1. The van der Waals surface area contributed by atoms with Crippen molar-refractivity contribution in [1.82, 2.24) is 9.88 Å². The molecule has 31 heavy (non-hydrogen) atoms. The molecule has 5 heteroatoms. The Kier molecular flexibility index (Phi) is 6.07. The minimum atomic E-state index is -0.800. The highest BCUT2D eigenvalue weighted by molar-refractivity contribution is 5.75. The van der Waals surface area contributed by atoms with Crippen molar-refractivity contribution in [1.29, 1.82) is 0 Å². The van der Waals surface area contributed by atoms with Crippen LogP contribution in [0.15, 0.2) is 36.7 Å². The van der Waals surface area contributed by atoms with Crippen LogP contribution in [0.1, 0.15) is 81.2 Å². The molecule has 3 atom stereocenters. The van der Waals surface area contributed by atoms with E-state index >= 15 is 0 Å². The second kappa shape index (κ2) is 8.62. The topological polar surface area (TPSA) is 62.7 Å². The van der Waals surface area contributed by atoms with Crippen molar-refractivity contribution < 1.29 is 14.6 Å². The molecule has 0 bridgehead atoms. The highest BCUT2D eigenvalue weighted by Crippen LogP contribution is 2.43. The lowest BCUT2D eigenvalue weighted by molar-refractivity contribution is -0.148. The Labute approximate surface area is 185 Å². The fourth-order valence-electron chi connectivity index (χ4n) is 5.37. The van der Waals surface area contributed by atoms with Gasteiger partial charge in [0.1, 0.15) is 11.9 Å². The molecule has 4 rings (SSSR count).